The zero-order chi connectivity index (χ0) is 10.0. The predicted molar refractivity (Wildman–Crippen MR) is 58.0 cm³/mol. The molecule has 0 fully saturated rings. The Morgan fingerprint density at radius 3 is 2.54 bits per heavy atom. The van der Waals surface area contributed by atoms with Gasteiger partial charge in [-0.25, -0.2) is 0 Å². The molecule has 0 aliphatic rings. The first kappa shape index (κ1) is 10.5. The lowest BCUT2D eigenvalue weighted by molar-refractivity contribution is 0.0938. The summed E-state index contributed by atoms with van der Waals surface area (Å²) in [7, 11) is 0. The highest BCUT2D eigenvalue weighted by molar-refractivity contribution is 9.10. The molecule has 0 atom stereocenters. The number of hydrogen-bond donors (Lipinski definition) is 0. The molecule has 0 unspecified atom stereocenters. The van der Waals surface area contributed by atoms with E-state index in [0.717, 1.165) is 15.6 Å². The van der Waals surface area contributed by atoms with Crippen LogP contribution in [0.3, 0.4) is 0 Å². The maximum absolute atomic E-state index is 11.7. The number of ketones is 1. The van der Waals surface area contributed by atoms with Gasteiger partial charge in [0.2, 0.25) is 0 Å². The summed E-state index contributed by atoms with van der Waals surface area (Å²) in [4.78, 5) is 11.7. The number of benzene rings is 1. The van der Waals surface area contributed by atoms with Gasteiger partial charge in [-0.15, -0.1) is 0 Å². The Hall–Kier alpha value is -0.630. The van der Waals surface area contributed by atoms with Crippen molar-refractivity contribution in [3.63, 3.8) is 0 Å². The van der Waals surface area contributed by atoms with Gasteiger partial charge in [0.25, 0.3) is 0 Å². The Balaban J connectivity index is 3.13. The molecule has 0 aliphatic carbocycles. The number of carbonyl (C=O) groups excluding carboxylic acids is 1. The van der Waals surface area contributed by atoms with E-state index in [-0.39, 0.29) is 11.7 Å². The zero-order valence-corrected chi connectivity index (χ0v) is 9.68. The Bertz CT molecular complexity index is 329. The van der Waals surface area contributed by atoms with Gasteiger partial charge in [-0.1, -0.05) is 41.4 Å². The quantitative estimate of drug-likeness (QED) is 0.723. The first-order valence-electron chi connectivity index (χ1n) is 4.32. The molecular weight excluding hydrogens is 228 g/mol. The number of rotatable bonds is 2. The van der Waals surface area contributed by atoms with E-state index in [1.54, 1.807) is 0 Å². The molecule has 1 nitrogen and oxygen atoms in total. The lowest BCUT2D eigenvalue weighted by Crippen LogP contribution is -2.08. The summed E-state index contributed by atoms with van der Waals surface area (Å²) in [5, 5.41) is 0. The van der Waals surface area contributed by atoms with Gasteiger partial charge in [0.15, 0.2) is 5.78 Å². The van der Waals surface area contributed by atoms with Gasteiger partial charge < -0.3 is 0 Å². The van der Waals surface area contributed by atoms with Gasteiger partial charge in [0, 0.05) is 16.0 Å². The second kappa shape index (κ2) is 4.05. The molecule has 13 heavy (non-hydrogen) atoms. The van der Waals surface area contributed by atoms with Crippen molar-refractivity contribution in [1.82, 2.24) is 0 Å². The fraction of sp³-hybridized carbons (Fsp3) is 0.364. The molecular formula is C11H13BrO. The predicted octanol–water partition coefficient (Wildman–Crippen LogP) is 3.60. The van der Waals surface area contributed by atoms with Gasteiger partial charge in [-0.3, -0.25) is 4.79 Å². The molecule has 1 rings (SSSR count). The second-order valence-electron chi connectivity index (χ2n) is 3.50. The molecule has 0 aliphatic heterocycles. The number of hydrogen-bond acceptors (Lipinski definition) is 1. The Kier molecular flexibility index (Phi) is 3.26. The molecule has 0 bridgehead atoms. The number of halogens is 1. The van der Waals surface area contributed by atoms with Crippen LogP contribution >= 0.6 is 15.9 Å². The van der Waals surface area contributed by atoms with E-state index in [4.69, 9.17) is 0 Å². The first-order valence-corrected chi connectivity index (χ1v) is 5.12. The van der Waals surface area contributed by atoms with Crippen molar-refractivity contribution in [2.45, 2.75) is 20.8 Å². The minimum Gasteiger partial charge on any atom is -0.294 e. The maximum Gasteiger partial charge on any atom is 0.166 e. The van der Waals surface area contributed by atoms with E-state index in [2.05, 4.69) is 15.9 Å². The van der Waals surface area contributed by atoms with Crippen LogP contribution in [-0.4, -0.2) is 5.78 Å². The van der Waals surface area contributed by atoms with Crippen molar-refractivity contribution in [3.8, 4) is 0 Å². The third-order valence-electron chi connectivity index (χ3n) is 1.91. The summed E-state index contributed by atoms with van der Waals surface area (Å²) in [5.41, 5.74) is 1.90. The van der Waals surface area contributed by atoms with Crippen LogP contribution in [0.15, 0.2) is 22.7 Å². The van der Waals surface area contributed by atoms with Gasteiger partial charge in [-0.2, -0.15) is 0 Å². The van der Waals surface area contributed by atoms with Gasteiger partial charge in [-0.05, 0) is 19.1 Å². The molecule has 0 heterocycles. The molecule has 70 valence electrons. The molecule has 0 aromatic heterocycles. The average molecular weight is 241 g/mol. The minimum atomic E-state index is 0.0538. The third-order valence-corrected chi connectivity index (χ3v) is 2.60. The van der Waals surface area contributed by atoms with E-state index in [0.29, 0.717) is 0 Å². The van der Waals surface area contributed by atoms with E-state index < -0.39 is 0 Å². The molecule has 1 aromatic carbocycles. The highest BCUT2D eigenvalue weighted by atomic mass is 79.9. The van der Waals surface area contributed by atoms with Crippen LogP contribution in [0.1, 0.15) is 29.8 Å². The maximum atomic E-state index is 11.7. The van der Waals surface area contributed by atoms with Crippen molar-refractivity contribution >= 4 is 21.7 Å². The highest BCUT2D eigenvalue weighted by Gasteiger charge is 2.13. The van der Waals surface area contributed by atoms with E-state index in [1.807, 2.05) is 39.0 Å². The summed E-state index contributed by atoms with van der Waals surface area (Å²) < 4.78 is 0.886. The molecule has 1 aromatic rings. The van der Waals surface area contributed by atoms with Crippen molar-refractivity contribution in [2.24, 2.45) is 5.92 Å². The summed E-state index contributed by atoms with van der Waals surface area (Å²) in [5.74, 6) is 0.244. The molecule has 0 saturated carbocycles. The standard InChI is InChI=1S/C11H13BrO/c1-7(2)11(13)9-6-8(3)4-5-10(9)12/h4-7H,1-3H3. The largest absolute Gasteiger partial charge is 0.294 e. The molecule has 0 saturated heterocycles. The smallest absolute Gasteiger partial charge is 0.166 e. The Labute approximate surface area is 87.3 Å². The fourth-order valence-corrected chi connectivity index (χ4v) is 1.58. The monoisotopic (exact) mass is 240 g/mol. The highest BCUT2D eigenvalue weighted by Crippen LogP contribution is 2.21. The van der Waals surface area contributed by atoms with Gasteiger partial charge >= 0.3 is 0 Å². The lowest BCUT2D eigenvalue weighted by atomic mass is 10.00. The van der Waals surface area contributed by atoms with E-state index in [1.165, 1.54) is 0 Å². The first-order chi connectivity index (χ1) is 6.02. The SMILES string of the molecule is Cc1ccc(Br)c(C(=O)C(C)C)c1. The van der Waals surface area contributed by atoms with Crippen LogP contribution in [0.4, 0.5) is 0 Å². The molecule has 0 amide bonds. The molecule has 2 heteroatoms. The summed E-state index contributed by atoms with van der Waals surface area (Å²) >= 11 is 3.38. The normalized spacial score (nSPS) is 10.5. The Morgan fingerprint density at radius 2 is 2.00 bits per heavy atom. The van der Waals surface area contributed by atoms with Crippen LogP contribution in [0.2, 0.25) is 0 Å². The molecule has 0 N–H and O–H groups in total. The van der Waals surface area contributed by atoms with E-state index in [9.17, 15) is 4.79 Å². The minimum absolute atomic E-state index is 0.0538. The summed E-state index contributed by atoms with van der Waals surface area (Å²) in [6.45, 7) is 5.82. The average Bonchev–Trinajstić information content (AvgIpc) is 2.08. The van der Waals surface area contributed by atoms with Crippen LogP contribution in [0, 0.1) is 12.8 Å². The summed E-state index contributed by atoms with van der Waals surface area (Å²) in [6.07, 6.45) is 0. The topological polar surface area (TPSA) is 17.1 Å². The van der Waals surface area contributed by atoms with Crippen LogP contribution < -0.4 is 0 Å². The lowest BCUT2D eigenvalue weighted by Gasteiger charge is -2.07. The number of carbonyl (C=O) groups is 1. The molecule has 0 spiro atoms. The van der Waals surface area contributed by atoms with Gasteiger partial charge in [0.05, 0.1) is 0 Å². The Morgan fingerprint density at radius 1 is 1.38 bits per heavy atom. The second-order valence-corrected chi connectivity index (χ2v) is 4.36. The van der Waals surface area contributed by atoms with Crippen LogP contribution in [-0.2, 0) is 0 Å². The summed E-state index contributed by atoms with van der Waals surface area (Å²) in [6, 6.07) is 5.83. The number of Topliss-reactive ketones (excluding diaryl/α,β-unsaturated/α-hetero) is 1. The van der Waals surface area contributed by atoms with Crippen molar-refractivity contribution in [2.75, 3.05) is 0 Å². The van der Waals surface area contributed by atoms with Crippen LogP contribution in [0.25, 0.3) is 0 Å². The fourth-order valence-electron chi connectivity index (χ4n) is 1.14. The third kappa shape index (κ3) is 2.41. The van der Waals surface area contributed by atoms with Crippen LogP contribution in [0.5, 0.6) is 0 Å². The van der Waals surface area contributed by atoms with Crippen molar-refractivity contribution < 1.29 is 4.79 Å². The number of aryl methyl sites for hydroxylation is 1. The van der Waals surface area contributed by atoms with Crippen molar-refractivity contribution in [3.05, 3.63) is 33.8 Å². The van der Waals surface area contributed by atoms with E-state index >= 15 is 0 Å². The van der Waals surface area contributed by atoms with Crippen molar-refractivity contribution in [1.29, 1.82) is 0 Å². The van der Waals surface area contributed by atoms with Gasteiger partial charge in [0.1, 0.15) is 0 Å². The molecule has 0 radical (unpaired) electrons. The zero-order valence-electron chi connectivity index (χ0n) is 8.10.